The maximum absolute atomic E-state index is 12.5. The van der Waals surface area contributed by atoms with Crippen molar-refractivity contribution in [1.29, 1.82) is 0 Å². The molecule has 1 heterocycles. The number of carbonyl (C=O) groups excluding carboxylic acids is 1. The van der Waals surface area contributed by atoms with E-state index in [0.717, 1.165) is 35.1 Å². The van der Waals surface area contributed by atoms with Crippen LogP contribution in [0.25, 0.3) is 0 Å². The van der Waals surface area contributed by atoms with Crippen molar-refractivity contribution >= 4 is 28.5 Å². The first-order chi connectivity index (χ1) is 8.72. The molecule has 2 rings (SSSR count). The molecule has 18 heavy (non-hydrogen) atoms. The summed E-state index contributed by atoms with van der Waals surface area (Å²) in [6, 6.07) is 7.75. The van der Waals surface area contributed by atoms with Gasteiger partial charge in [-0.15, -0.1) is 0 Å². The molecule has 1 saturated heterocycles. The molecular formula is C14H18INO2. The molecule has 98 valence electrons. The number of hydrogen-bond acceptors (Lipinski definition) is 2. The number of hydrogen-bond donors (Lipinski definition) is 0. The van der Waals surface area contributed by atoms with Crippen LogP contribution in [0.1, 0.15) is 30.1 Å². The summed E-state index contributed by atoms with van der Waals surface area (Å²) in [6.07, 6.45) is 2.05. The van der Waals surface area contributed by atoms with Crippen LogP contribution < -0.4 is 0 Å². The zero-order valence-corrected chi connectivity index (χ0v) is 12.7. The molecule has 1 aromatic rings. The first-order valence-electron chi connectivity index (χ1n) is 6.37. The van der Waals surface area contributed by atoms with E-state index in [4.69, 9.17) is 4.74 Å². The van der Waals surface area contributed by atoms with Gasteiger partial charge in [0.25, 0.3) is 5.91 Å². The monoisotopic (exact) mass is 359 g/mol. The van der Waals surface area contributed by atoms with Gasteiger partial charge < -0.3 is 9.64 Å². The van der Waals surface area contributed by atoms with Gasteiger partial charge >= 0.3 is 0 Å². The Labute approximate surface area is 122 Å². The van der Waals surface area contributed by atoms with E-state index in [0.29, 0.717) is 6.54 Å². The van der Waals surface area contributed by atoms with Gasteiger partial charge in [0.2, 0.25) is 0 Å². The van der Waals surface area contributed by atoms with Gasteiger partial charge in [-0.25, -0.2) is 0 Å². The molecule has 1 unspecified atom stereocenters. The van der Waals surface area contributed by atoms with Gasteiger partial charge in [-0.3, -0.25) is 4.79 Å². The molecule has 0 spiro atoms. The highest BCUT2D eigenvalue weighted by atomic mass is 127. The second-order valence-electron chi connectivity index (χ2n) is 4.49. The SMILES string of the molecule is CCC1CN(C(=O)c2ccccc2I)CCCO1. The van der Waals surface area contributed by atoms with Crippen LogP contribution >= 0.6 is 22.6 Å². The van der Waals surface area contributed by atoms with E-state index in [-0.39, 0.29) is 12.0 Å². The molecule has 0 bridgehead atoms. The lowest BCUT2D eigenvalue weighted by Gasteiger charge is -2.23. The number of carbonyl (C=O) groups is 1. The summed E-state index contributed by atoms with van der Waals surface area (Å²) >= 11 is 2.22. The quantitative estimate of drug-likeness (QED) is 0.760. The molecule has 1 atom stereocenters. The highest BCUT2D eigenvalue weighted by Crippen LogP contribution is 2.17. The van der Waals surface area contributed by atoms with Crippen LogP contribution in [0.4, 0.5) is 0 Å². The lowest BCUT2D eigenvalue weighted by atomic mass is 10.2. The Kier molecular flexibility index (Phi) is 5.00. The molecule has 1 fully saturated rings. The lowest BCUT2D eigenvalue weighted by Crippen LogP contribution is -2.37. The summed E-state index contributed by atoms with van der Waals surface area (Å²) in [5.41, 5.74) is 0.801. The Bertz CT molecular complexity index is 422. The Morgan fingerprint density at radius 2 is 2.28 bits per heavy atom. The van der Waals surface area contributed by atoms with E-state index in [2.05, 4.69) is 29.5 Å². The molecular weight excluding hydrogens is 341 g/mol. The number of amides is 1. The van der Waals surface area contributed by atoms with Gasteiger partial charge in [-0.1, -0.05) is 19.1 Å². The Hall–Kier alpha value is -0.620. The maximum Gasteiger partial charge on any atom is 0.255 e. The molecule has 0 radical (unpaired) electrons. The number of nitrogens with zero attached hydrogens (tertiary/aromatic N) is 1. The van der Waals surface area contributed by atoms with Gasteiger partial charge in [0.15, 0.2) is 0 Å². The smallest absolute Gasteiger partial charge is 0.255 e. The van der Waals surface area contributed by atoms with E-state index in [1.165, 1.54) is 0 Å². The van der Waals surface area contributed by atoms with Crippen molar-refractivity contribution in [1.82, 2.24) is 4.90 Å². The van der Waals surface area contributed by atoms with Crippen LogP contribution in [0.5, 0.6) is 0 Å². The molecule has 0 aromatic heterocycles. The van der Waals surface area contributed by atoms with Crippen LogP contribution in [-0.4, -0.2) is 36.6 Å². The minimum absolute atomic E-state index is 0.129. The van der Waals surface area contributed by atoms with Gasteiger partial charge in [0.05, 0.1) is 11.7 Å². The zero-order chi connectivity index (χ0) is 13.0. The Morgan fingerprint density at radius 1 is 1.50 bits per heavy atom. The number of ether oxygens (including phenoxy) is 1. The summed E-state index contributed by atoms with van der Waals surface area (Å²) in [5, 5.41) is 0. The molecule has 0 N–H and O–H groups in total. The summed E-state index contributed by atoms with van der Waals surface area (Å²) in [4.78, 5) is 14.4. The minimum Gasteiger partial charge on any atom is -0.376 e. The predicted octanol–water partition coefficient (Wildman–Crippen LogP) is 2.93. The summed E-state index contributed by atoms with van der Waals surface area (Å²) in [5.74, 6) is 0.129. The van der Waals surface area contributed by atoms with Crippen LogP contribution in [0.3, 0.4) is 0 Å². The van der Waals surface area contributed by atoms with E-state index in [1.54, 1.807) is 0 Å². The molecule has 0 aliphatic carbocycles. The fourth-order valence-corrected chi connectivity index (χ4v) is 2.75. The molecule has 1 aliphatic rings. The van der Waals surface area contributed by atoms with Crippen LogP contribution in [0.15, 0.2) is 24.3 Å². The van der Waals surface area contributed by atoms with Gasteiger partial charge in [0.1, 0.15) is 0 Å². The van der Waals surface area contributed by atoms with Gasteiger partial charge in [-0.05, 0) is 47.6 Å². The first-order valence-corrected chi connectivity index (χ1v) is 7.45. The molecule has 1 aliphatic heterocycles. The molecule has 4 heteroatoms. The molecule has 0 saturated carbocycles. The average Bonchev–Trinajstić information content (AvgIpc) is 2.64. The third kappa shape index (κ3) is 3.23. The average molecular weight is 359 g/mol. The van der Waals surface area contributed by atoms with E-state index in [1.807, 2.05) is 29.2 Å². The first kappa shape index (κ1) is 13.8. The van der Waals surface area contributed by atoms with Crippen molar-refractivity contribution in [3.05, 3.63) is 33.4 Å². The normalized spacial score (nSPS) is 20.6. The van der Waals surface area contributed by atoms with Crippen molar-refractivity contribution < 1.29 is 9.53 Å². The van der Waals surface area contributed by atoms with Crippen molar-refractivity contribution in [3.63, 3.8) is 0 Å². The van der Waals surface area contributed by atoms with Gasteiger partial charge in [-0.2, -0.15) is 0 Å². The van der Waals surface area contributed by atoms with Crippen molar-refractivity contribution in [2.24, 2.45) is 0 Å². The van der Waals surface area contributed by atoms with Crippen LogP contribution in [0.2, 0.25) is 0 Å². The van der Waals surface area contributed by atoms with Crippen LogP contribution in [0, 0.1) is 3.57 Å². The van der Waals surface area contributed by atoms with Crippen LogP contribution in [-0.2, 0) is 4.74 Å². The molecule has 1 amide bonds. The summed E-state index contributed by atoms with van der Waals surface area (Å²) in [6.45, 7) is 4.36. The second kappa shape index (κ2) is 6.52. The van der Waals surface area contributed by atoms with Crippen molar-refractivity contribution in [2.75, 3.05) is 19.7 Å². The van der Waals surface area contributed by atoms with E-state index in [9.17, 15) is 4.79 Å². The van der Waals surface area contributed by atoms with E-state index < -0.39 is 0 Å². The Morgan fingerprint density at radius 3 is 3.00 bits per heavy atom. The minimum atomic E-state index is 0.129. The molecule has 1 aromatic carbocycles. The highest BCUT2D eigenvalue weighted by Gasteiger charge is 2.23. The fraction of sp³-hybridized carbons (Fsp3) is 0.500. The zero-order valence-electron chi connectivity index (χ0n) is 10.6. The highest BCUT2D eigenvalue weighted by molar-refractivity contribution is 14.1. The van der Waals surface area contributed by atoms with Crippen molar-refractivity contribution in [2.45, 2.75) is 25.9 Å². The third-order valence-corrected chi connectivity index (χ3v) is 4.14. The van der Waals surface area contributed by atoms with Crippen molar-refractivity contribution in [3.8, 4) is 0 Å². The standard InChI is InChI=1S/C14H18INO2/c1-2-11-10-16(8-5-9-18-11)14(17)12-6-3-4-7-13(12)15/h3-4,6-7,11H,2,5,8-10H2,1H3. The third-order valence-electron chi connectivity index (χ3n) is 3.20. The second-order valence-corrected chi connectivity index (χ2v) is 5.65. The number of benzene rings is 1. The predicted molar refractivity (Wildman–Crippen MR) is 79.7 cm³/mol. The fourth-order valence-electron chi connectivity index (χ4n) is 2.13. The van der Waals surface area contributed by atoms with E-state index >= 15 is 0 Å². The summed E-state index contributed by atoms with van der Waals surface area (Å²) in [7, 11) is 0. The maximum atomic E-state index is 12.5. The largest absolute Gasteiger partial charge is 0.376 e. The number of halogens is 1. The number of rotatable bonds is 2. The van der Waals surface area contributed by atoms with Gasteiger partial charge in [0, 0.05) is 23.3 Å². The molecule has 3 nitrogen and oxygen atoms in total. The topological polar surface area (TPSA) is 29.5 Å². The summed E-state index contributed by atoms with van der Waals surface area (Å²) < 4.78 is 6.72. The Balaban J connectivity index is 2.15. The lowest BCUT2D eigenvalue weighted by molar-refractivity contribution is 0.0459.